The number of sulfone groups is 1. The summed E-state index contributed by atoms with van der Waals surface area (Å²) in [6.07, 6.45) is -1.66. The first-order valence-electron chi connectivity index (χ1n) is 11.7. The lowest BCUT2D eigenvalue weighted by molar-refractivity contribution is -0.137. The van der Waals surface area contributed by atoms with E-state index in [1.807, 2.05) is 0 Å². The van der Waals surface area contributed by atoms with E-state index in [-0.39, 0.29) is 59.8 Å². The summed E-state index contributed by atoms with van der Waals surface area (Å²) >= 11 is 0.485. The van der Waals surface area contributed by atoms with Crippen LogP contribution in [0.5, 0.6) is 0 Å². The van der Waals surface area contributed by atoms with Crippen molar-refractivity contribution in [2.75, 3.05) is 13.1 Å². The standard InChI is InChI=1S/C22H25F3N6O5S3/c1-14-11-28-31(29-14)13-16-10-17(22(23,24)25)4-2-15(16)3-5-19(32)30-8-6-18(7-9-30)38(33,34)21-27-12-20(37-21)39(26,35)36/h2,4,10-12,18H,3,5-9,13H2,1H3,(H2,26,35,36). The molecule has 1 aromatic carbocycles. The van der Waals surface area contributed by atoms with Gasteiger partial charge in [0.25, 0.3) is 0 Å². The van der Waals surface area contributed by atoms with E-state index in [1.54, 1.807) is 6.92 Å². The molecular formula is C22H25F3N6O5S3. The van der Waals surface area contributed by atoms with Gasteiger partial charge in [0.05, 0.1) is 35.4 Å². The number of nitrogens with two attached hydrogens (primary N) is 1. The van der Waals surface area contributed by atoms with Gasteiger partial charge in [-0.15, -0.1) is 0 Å². The molecule has 0 unspecified atom stereocenters. The fraction of sp³-hybridized carbons (Fsp3) is 0.455. The van der Waals surface area contributed by atoms with E-state index in [0.717, 1.165) is 18.3 Å². The molecule has 1 amide bonds. The monoisotopic (exact) mass is 606 g/mol. The zero-order valence-corrected chi connectivity index (χ0v) is 23.1. The Bertz CT molecular complexity index is 1580. The summed E-state index contributed by atoms with van der Waals surface area (Å²) in [5.74, 6) is -0.254. The highest BCUT2D eigenvalue weighted by Crippen LogP contribution is 2.32. The molecule has 4 rings (SSSR count). The van der Waals surface area contributed by atoms with Crippen molar-refractivity contribution in [2.24, 2.45) is 5.14 Å². The van der Waals surface area contributed by atoms with Gasteiger partial charge in [-0.25, -0.2) is 27.0 Å². The van der Waals surface area contributed by atoms with Gasteiger partial charge in [0.2, 0.25) is 30.1 Å². The van der Waals surface area contributed by atoms with Gasteiger partial charge in [-0.2, -0.15) is 28.2 Å². The summed E-state index contributed by atoms with van der Waals surface area (Å²) in [5, 5.41) is 12.4. The summed E-state index contributed by atoms with van der Waals surface area (Å²) in [6, 6.07) is 3.36. The van der Waals surface area contributed by atoms with Crippen molar-refractivity contribution >= 4 is 37.1 Å². The molecule has 3 heterocycles. The Morgan fingerprint density at radius 3 is 2.38 bits per heavy atom. The minimum Gasteiger partial charge on any atom is -0.343 e. The van der Waals surface area contributed by atoms with E-state index in [0.29, 0.717) is 28.2 Å². The number of aryl methyl sites for hydroxylation is 2. The number of amides is 1. The van der Waals surface area contributed by atoms with Gasteiger partial charge in [0.15, 0.2) is 4.21 Å². The van der Waals surface area contributed by atoms with Crippen LogP contribution in [0.3, 0.4) is 0 Å². The van der Waals surface area contributed by atoms with Crippen molar-refractivity contribution in [3.8, 4) is 0 Å². The van der Waals surface area contributed by atoms with Crippen LogP contribution < -0.4 is 5.14 Å². The Morgan fingerprint density at radius 2 is 1.82 bits per heavy atom. The smallest absolute Gasteiger partial charge is 0.343 e. The molecule has 0 atom stereocenters. The molecule has 17 heteroatoms. The summed E-state index contributed by atoms with van der Waals surface area (Å²) in [7, 11) is -7.99. The first-order valence-corrected chi connectivity index (χ1v) is 15.6. The number of hydrogen-bond acceptors (Lipinski definition) is 9. The number of benzene rings is 1. The van der Waals surface area contributed by atoms with Gasteiger partial charge < -0.3 is 4.90 Å². The largest absolute Gasteiger partial charge is 0.416 e. The number of sulfonamides is 1. The lowest BCUT2D eigenvalue weighted by Gasteiger charge is -2.31. The Labute approximate surface area is 226 Å². The molecule has 0 radical (unpaired) electrons. The molecule has 1 saturated heterocycles. The molecule has 39 heavy (non-hydrogen) atoms. The van der Waals surface area contributed by atoms with Crippen LogP contribution in [0.15, 0.2) is 39.1 Å². The highest BCUT2D eigenvalue weighted by Gasteiger charge is 2.35. The number of aromatic nitrogens is 4. The highest BCUT2D eigenvalue weighted by molar-refractivity contribution is 7.95. The molecule has 11 nitrogen and oxygen atoms in total. The number of hydrogen-bond donors (Lipinski definition) is 1. The SMILES string of the molecule is Cc1cnn(Cc2cc(C(F)(F)F)ccc2CCC(=O)N2CCC(S(=O)(=O)c3ncc(S(N)(=O)=O)s3)CC2)n1. The Hall–Kier alpha value is -2.89. The molecule has 1 fully saturated rings. The van der Waals surface area contributed by atoms with Gasteiger partial charge >= 0.3 is 6.18 Å². The summed E-state index contributed by atoms with van der Waals surface area (Å²) in [6.45, 7) is 2.04. The summed E-state index contributed by atoms with van der Waals surface area (Å²) in [4.78, 5) is 19.4. The first kappa shape index (κ1) is 29.1. The van der Waals surface area contributed by atoms with Crippen molar-refractivity contribution in [3.05, 3.63) is 53.0 Å². The van der Waals surface area contributed by atoms with Crippen molar-refractivity contribution in [3.63, 3.8) is 0 Å². The quantitative estimate of drug-likeness (QED) is 0.409. The van der Waals surface area contributed by atoms with Crippen molar-refractivity contribution in [1.82, 2.24) is 24.9 Å². The number of thiazole rings is 1. The summed E-state index contributed by atoms with van der Waals surface area (Å²) < 4.78 is 88.0. The number of halogens is 3. The molecule has 0 bridgehead atoms. The predicted octanol–water partition coefficient (Wildman–Crippen LogP) is 2.16. The normalized spacial score (nSPS) is 15.6. The van der Waals surface area contributed by atoms with Crippen LogP contribution in [0.4, 0.5) is 13.2 Å². The second kappa shape index (κ2) is 10.9. The maximum atomic E-state index is 13.3. The van der Waals surface area contributed by atoms with E-state index in [4.69, 9.17) is 5.14 Å². The number of carbonyl (C=O) groups excluding carboxylic acids is 1. The molecule has 212 valence electrons. The Balaban J connectivity index is 1.40. The van der Waals surface area contributed by atoms with Crippen molar-refractivity contribution in [2.45, 2.75) is 59.1 Å². The maximum Gasteiger partial charge on any atom is 0.416 e. The number of nitrogens with zero attached hydrogens (tertiary/aromatic N) is 5. The van der Waals surface area contributed by atoms with Gasteiger partial charge in [-0.3, -0.25) is 4.79 Å². The first-order chi connectivity index (χ1) is 18.1. The number of primary sulfonamides is 1. The fourth-order valence-electron chi connectivity index (χ4n) is 4.27. The van der Waals surface area contributed by atoms with Crippen molar-refractivity contribution < 1.29 is 34.8 Å². The van der Waals surface area contributed by atoms with Gasteiger partial charge in [-0.05, 0) is 49.4 Å². The third kappa shape index (κ3) is 6.82. The second-order valence-electron chi connectivity index (χ2n) is 9.11. The van der Waals surface area contributed by atoms with Crippen LogP contribution in [0.1, 0.15) is 41.6 Å². The molecule has 2 N–H and O–H groups in total. The van der Waals surface area contributed by atoms with Gasteiger partial charge in [0.1, 0.15) is 0 Å². The average Bonchev–Trinajstić information content (AvgIpc) is 3.52. The van der Waals surface area contributed by atoms with E-state index < -0.39 is 36.9 Å². The van der Waals surface area contributed by atoms with E-state index in [1.165, 1.54) is 22.0 Å². The zero-order valence-electron chi connectivity index (χ0n) is 20.6. The number of piperidine rings is 1. The molecule has 0 saturated carbocycles. The minimum absolute atomic E-state index is 0.00840. The van der Waals surface area contributed by atoms with E-state index >= 15 is 0 Å². The maximum absolute atomic E-state index is 13.3. The van der Waals surface area contributed by atoms with Crippen LogP contribution >= 0.6 is 11.3 Å². The number of rotatable bonds is 8. The van der Waals surface area contributed by atoms with E-state index in [9.17, 15) is 34.8 Å². The Morgan fingerprint density at radius 1 is 1.13 bits per heavy atom. The highest BCUT2D eigenvalue weighted by atomic mass is 32.3. The Kier molecular flexibility index (Phi) is 8.16. The predicted molar refractivity (Wildman–Crippen MR) is 134 cm³/mol. The molecule has 0 aliphatic carbocycles. The minimum atomic E-state index is -4.53. The lowest BCUT2D eigenvalue weighted by atomic mass is 9.99. The van der Waals surface area contributed by atoms with Crippen LogP contribution in [0.2, 0.25) is 0 Å². The molecule has 0 spiro atoms. The second-order valence-corrected chi connectivity index (χ2v) is 14.3. The molecule has 2 aromatic heterocycles. The van der Waals surface area contributed by atoms with Crippen molar-refractivity contribution in [1.29, 1.82) is 0 Å². The molecular weight excluding hydrogens is 581 g/mol. The van der Waals surface area contributed by atoms with Crippen LogP contribution in [-0.4, -0.2) is 66.0 Å². The molecule has 3 aromatic rings. The summed E-state index contributed by atoms with van der Waals surface area (Å²) in [5.41, 5.74) is 0.707. The third-order valence-corrected chi connectivity index (χ3v) is 11.4. The molecule has 1 aliphatic rings. The van der Waals surface area contributed by atoms with Gasteiger partial charge in [0, 0.05) is 19.5 Å². The number of alkyl halides is 3. The van der Waals surface area contributed by atoms with Crippen LogP contribution in [0.25, 0.3) is 0 Å². The number of carbonyl (C=O) groups is 1. The van der Waals surface area contributed by atoms with Crippen LogP contribution in [-0.2, 0) is 43.8 Å². The topological polar surface area (TPSA) is 158 Å². The van der Waals surface area contributed by atoms with Crippen LogP contribution in [0, 0.1) is 6.92 Å². The fourth-order valence-corrected chi connectivity index (χ4v) is 8.17. The number of likely N-dealkylation sites (tertiary alicyclic amines) is 1. The third-order valence-electron chi connectivity index (χ3n) is 6.33. The average molecular weight is 607 g/mol. The van der Waals surface area contributed by atoms with E-state index in [2.05, 4.69) is 15.2 Å². The zero-order chi connectivity index (χ0) is 28.6. The molecule has 1 aliphatic heterocycles. The lowest BCUT2D eigenvalue weighted by Crippen LogP contribution is -2.42. The van der Waals surface area contributed by atoms with Gasteiger partial charge in [-0.1, -0.05) is 17.4 Å².